The van der Waals surface area contributed by atoms with Crippen LogP contribution >= 0.6 is 11.6 Å². The van der Waals surface area contributed by atoms with Crippen LogP contribution in [0.1, 0.15) is 22.6 Å². The van der Waals surface area contributed by atoms with E-state index in [1.165, 1.54) is 35.5 Å². The third kappa shape index (κ3) is 11.1. The number of benzene rings is 2. The van der Waals surface area contributed by atoms with Crippen molar-refractivity contribution in [3.8, 4) is 22.8 Å². The lowest BCUT2D eigenvalue weighted by Gasteiger charge is -2.34. The van der Waals surface area contributed by atoms with E-state index in [2.05, 4.69) is 55.4 Å². The van der Waals surface area contributed by atoms with Gasteiger partial charge in [0.2, 0.25) is 37.7 Å². The van der Waals surface area contributed by atoms with Crippen LogP contribution in [0, 0.1) is 0 Å². The number of hydrogen-bond donors (Lipinski definition) is 3. The first-order chi connectivity index (χ1) is 30.9. The number of tetrazole rings is 1. The fourth-order valence-electron chi connectivity index (χ4n) is 7.13. The number of aromatic nitrogens is 10. The van der Waals surface area contributed by atoms with Gasteiger partial charge in [0.05, 0.1) is 22.4 Å². The van der Waals surface area contributed by atoms with Crippen LogP contribution in [0.5, 0.6) is 0 Å². The van der Waals surface area contributed by atoms with Gasteiger partial charge in [-0.3, -0.25) is 19.2 Å². The number of anilines is 2. The van der Waals surface area contributed by atoms with Gasteiger partial charge in [0.1, 0.15) is 5.75 Å². The Labute approximate surface area is 372 Å². The molecule has 2 aliphatic heterocycles. The van der Waals surface area contributed by atoms with E-state index in [-0.39, 0.29) is 59.5 Å². The summed E-state index contributed by atoms with van der Waals surface area (Å²) in [7, 11) is -7.71. The number of carbonyl (C=O) groups excluding carboxylic acids is 2. The van der Waals surface area contributed by atoms with E-state index in [1.807, 2.05) is 11.0 Å². The van der Waals surface area contributed by atoms with Crippen molar-refractivity contribution >= 4 is 55.3 Å². The lowest BCUT2D eigenvalue weighted by Crippen LogP contribution is -2.49. The molecule has 0 saturated carbocycles. The highest BCUT2D eigenvalue weighted by molar-refractivity contribution is 7.92. The monoisotopic (exact) mass is 962 g/mol. The summed E-state index contributed by atoms with van der Waals surface area (Å²) in [6, 6.07) is 10.4. The summed E-state index contributed by atoms with van der Waals surface area (Å²) < 4.78 is 102. The van der Waals surface area contributed by atoms with E-state index in [9.17, 15) is 39.6 Å². The summed E-state index contributed by atoms with van der Waals surface area (Å²) in [5.74, 6) is -1.04. The summed E-state index contributed by atoms with van der Waals surface area (Å²) in [5, 5.41) is 29.7. The number of carbonyl (C=O) groups is 2. The number of hydrogen-bond acceptors (Lipinski definition) is 16. The van der Waals surface area contributed by atoms with Crippen molar-refractivity contribution < 1.29 is 44.0 Å². The minimum Gasteiger partial charge on any atom is -0.419 e. The van der Waals surface area contributed by atoms with Gasteiger partial charge in [-0.05, 0) is 40.6 Å². The summed E-state index contributed by atoms with van der Waals surface area (Å²) in [6.07, 6.45) is -0.879. The molecule has 2 aliphatic rings. The highest BCUT2D eigenvalue weighted by Gasteiger charge is 2.32. The molecule has 0 aliphatic carbocycles. The van der Waals surface area contributed by atoms with Crippen molar-refractivity contribution in [1.29, 1.82) is 0 Å². The molecule has 29 heteroatoms. The predicted octanol–water partition coefficient (Wildman–Crippen LogP) is 2.87. The van der Waals surface area contributed by atoms with Crippen LogP contribution in [0.15, 0.2) is 65.3 Å². The van der Waals surface area contributed by atoms with Crippen molar-refractivity contribution in [2.45, 2.75) is 25.0 Å². The van der Waals surface area contributed by atoms with Gasteiger partial charge in [0.15, 0.2) is 11.6 Å². The number of nitrogens with one attached hydrogen (secondary N) is 3. The van der Waals surface area contributed by atoms with E-state index in [0.717, 1.165) is 33.3 Å². The van der Waals surface area contributed by atoms with Gasteiger partial charge in [0.25, 0.3) is 0 Å². The summed E-state index contributed by atoms with van der Waals surface area (Å²) in [4.78, 5) is 33.5. The van der Waals surface area contributed by atoms with E-state index < -0.39 is 49.6 Å². The molecule has 2 fully saturated rings. The van der Waals surface area contributed by atoms with Gasteiger partial charge >= 0.3 is 18.2 Å². The second-order valence-electron chi connectivity index (χ2n) is 15.0. The molecule has 0 atom stereocenters. The quantitative estimate of drug-likeness (QED) is 0.159. The second kappa shape index (κ2) is 18.2. The Kier molecular flexibility index (Phi) is 12.6. The molecule has 23 nitrogen and oxygen atoms in total. The van der Waals surface area contributed by atoms with Gasteiger partial charge < -0.3 is 14.2 Å². The highest BCUT2D eigenvalue weighted by atomic mass is 35.5. The van der Waals surface area contributed by atoms with Crippen LogP contribution < -0.4 is 9.44 Å². The molecule has 4 aromatic heterocycles. The molecule has 8 rings (SSSR count). The first kappa shape index (κ1) is 45.1. The standard InChI is InChI=1S/C36H38ClF3N16O7S2/c1-64(59,60)47-29-6-8-55(45-29)34(57)53-14-10-51(11-15-53)20-23-2-5-28(37)27(18-23)33-44-41-31(63-33)22-65(61,62)48-30-7-9-56(46-30)35(58)54-16-12-52(13-17-54)21-24-3-4-25(36(38,39)40)19-26(24)32-42-49-50-43-32/h2-9,18-19H,10-17,20-22H2,1H3,(H,45,47)(H,46,48)(H,42,43,49,50). The van der Waals surface area contributed by atoms with E-state index in [4.69, 9.17) is 16.0 Å². The molecule has 6 aromatic rings. The molecular formula is C36H38ClF3N16O7S2. The van der Waals surface area contributed by atoms with Gasteiger partial charge in [-0.1, -0.05) is 23.7 Å². The van der Waals surface area contributed by atoms with Crippen molar-refractivity contribution in [2.75, 3.05) is 68.1 Å². The summed E-state index contributed by atoms with van der Waals surface area (Å²) >= 11 is 6.49. The zero-order chi connectivity index (χ0) is 46.1. The Hall–Kier alpha value is -6.49. The Bertz CT molecular complexity index is 2910. The second-order valence-corrected chi connectivity index (χ2v) is 18.9. The van der Waals surface area contributed by atoms with E-state index >= 15 is 0 Å². The number of H-pyrrole nitrogens is 1. The van der Waals surface area contributed by atoms with Crippen LogP contribution in [-0.2, 0) is 45.1 Å². The lowest BCUT2D eigenvalue weighted by atomic mass is 10.0. The van der Waals surface area contributed by atoms with Crippen molar-refractivity contribution in [3.63, 3.8) is 0 Å². The molecule has 344 valence electrons. The molecule has 0 radical (unpaired) electrons. The smallest absolute Gasteiger partial charge is 0.416 e. The van der Waals surface area contributed by atoms with Crippen LogP contribution in [0.4, 0.5) is 34.4 Å². The maximum absolute atomic E-state index is 13.4. The van der Waals surface area contributed by atoms with Gasteiger partial charge in [-0.2, -0.15) is 27.7 Å². The zero-order valence-electron chi connectivity index (χ0n) is 34.1. The number of nitrogens with zero attached hydrogens (tertiary/aromatic N) is 13. The molecule has 3 N–H and O–H groups in total. The number of alkyl halides is 3. The van der Waals surface area contributed by atoms with Gasteiger partial charge in [0, 0.05) is 95.5 Å². The fraction of sp³-hybridized carbons (Fsp3) is 0.361. The maximum Gasteiger partial charge on any atom is 0.416 e. The first-order valence-corrected chi connectivity index (χ1v) is 23.5. The van der Waals surface area contributed by atoms with E-state index in [1.54, 1.807) is 17.0 Å². The molecule has 0 unspecified atom stereocenters. The van der Waals surface area contributed by atoms with Crippen LogP contribution in [0.2, 0.25) is 5.02 Å². The third-order valence-electron chi connectivity index (χ3n) is 10.3. The number of halogens is 4. The Balaban J connectivity index is 0.819. The first-order valence-electron chi connectivity index (χ1n) is 19.5. The molecular weight excluding hydrogens is 925 g/mol. The largest absolute Gasteiger partial charge is 0.419 e. The number of piperazine rings is 2. The van der Waals surface area contributed by atoms with Gasteiger partial charge in [-0.15, -0.1) is 30.6 Å². The Morgan fingerprint density at radius 1 is 0.769 bits per heavy atom. The highest BCUT2D eigenvalue weighted by Crippen LogP contribution is 2.34. The van der Waals surface area contributed by atoms with Crippen molar-refractivity contribution in [3.05, 3.63) is 88.5 Å². The topological polar surface area (TPSA) is 268 Å². The third-order valence-corrected chi connectivity index (χ3v) is 12.3. The molecule has 2 amide bonds. The normalized spacial score (nSPS) is 15.6. The van der Waals surface area contributed by atoms with Crippen molar-refractivity contribution in [1.82, 2.24) is 70.0 Å². The number of aromatic amines is 1. The van der Waals surface area contributed by atoms with Crippen LogP contribution in [-0.4, -0.2) is 157 Å². The molecule has 2 aromatic carbocycles. The minimum atomic E-state index is -4.56. The van der Waals surface area contributed by atoms with Crippen LogP contribution in [0.3, 0.4) is 0 Å². The lowest BCUT2D eigenvalue weighted by molar-refractivity contribution is -0.137. The average Bonchev–Trinajstić information content (AvgIpc) is 4.10. The zero-order valence-corrected chi connectivity index (χ0v) is 36.4. The van der Waals surface area contributed by atoms with Gasteiger partial charge in [-0.25, -0.2) is 26.4 Å². The maximum atomic E-state index is 13.4. The molecule has 2 saturated heterocycles. The summed E-state index contributed by atoms with van der Waals surface area (Å²) in [6.45, 7) is 3.87. The molecule has 0 bridgehead atoms. The molecule has 65 heavy (non-hydrogen) atoms. The molecule has 0 spiro atoms. The van der Waals surface area contributed by atoms with Crippen LogP contribution in [0.25, 0.3) is 22.8 Å². The Morgan fingerprint density at radius 2 is 1.38 bits per heavy atom. The SMILES string of the molecule is CS(=O)(=O)Nc1ccn(C(=O)N2CCN(Cc3ccc(Cl)c(-c4nnc(CS(=O)(=O)Nc5ccn(C(=O)N6CCN(Cc7ccc(C(F)(F)F)cc7-c7nn[nH]n7)CC6)n5)o4)c3)CC2)n1. The Morgan fingerprint density at radius 3 is 1.97 bits per heavy atom. The summed E-state index contributed by atoms with van der Waals surface area (Å²) in [5.41, 5.74) is 1.10. The minimum absolute atomic E-state index is 0.0110. The van der Waals surface area contributed by atoms with Crippen molar-refractivity contribution in [2.24, 2.45) is 0 Å². The number of rotatable bonds is 12. The van der Waals surface area contributed by atoms with E-state index in [0.29, 0.717) is 56.9 Å². The molecule has 6 heterocycles. The number of sulfonamides is 2. The predicted molar refractivity (Wildman–Crippen MR) is 224 cm³/mol. The number of amides is 2. The fourth-order valence-corrected chi connectivity index (χ4v) is 8.76. The average molecular weight is 963 g/mol.